The lowest BCUT2D eigenvalue weighted by molar-refractivity contribution is 0.0310. The number of ether oxygens (including phenoxy) is 1. The first-order chi connectivity index (χ1) is 7.75. The van der Waals surface area contributed by atoms with Crippen molar-refractivity contribution < 1.29 is 13.3 Å². The first-order valence-electron chi connectivity index (χ1n) is 5.51. The summed E-state index contributed by atoms with van der Waals surface area (Å²) in [6.07, 6.45) is 3.32. The summed E-state index contributed by atoms with van der Waals surface area (Å²) < 4.78 is 30.1. The fourth-order valence-corrected chi connectivity index (χ4v) is 3.02. The highest BCUT2D eigenvalue weighted by Gasteiger charge is 2.17. The van der Waals surface area contributed by atoms with E-state index < -0.39 is 10.8 Å². The fourth-order valence-electron chi connectivity index (χ4n) is 1.79. The Morgan fingerprint density at radius 2 is 2.06 bits per heavy atom. The van der Waals surface area contributed by atoms with Gasteiger partial charge in [-0.1, -0.05) is 0 Å². The third kappa shape index (κ3) is 3.12. The maximum absolute atomic E-state index is 12.7. The molecule has 0 amide bonds. The summed E-state index contributed by atoms with van der Waals surface area (Å²) in [4.78, 5) is 0.676. The quantitative estimate of drug-likeness (QED) is 0.814. The molecule has 16 heavy (non-hydrogen) atoms. The Hall–Kier alpha value is -0.740. The van der Waals surface area contributed by atoms with Gasteiger partial charge in [-0.3, -0.25) is 4.21 Å². The third-order valence-corrected chi connectivity index (χ3v) is 4.16. The Balaban J connectivity index is 1.94. The van der Waals surface area contributed by atoms with Crippen molar-refractivity contribution in [3.63, 3.8) is 0 Å². The Morgan fingerprint density at radius 1 is 1.31 bits per heavy atom. The molecule has 1 aliphatic heterocycles. The molecule has 0 spiro atoms. The lowest BCUT2D eigenvalue weighted by atomic mass is 10.1. The van der Waals surface area contributed by atoms with E-state index in [9.17, 15) is 8.60 Å². The van der Waals surface area contributed by atoms with Crippen LogP contribution in [0.15, 0.2) is 29.2 Å². The minimum Gasteiger partial charge on any atom is -0.377 e. The van der Waals surface area contributed by atoms with E-state index in [0.717, 1.165) is 25.9 Å². The third-order valence-electron chi connectivity index (χ3n) is 2.69. The number of benzene rings is 1. The minimum absolute atomic E-state index is 0.0969. The van der Waals surface area contributed by atoms with Crippen LogP contribution in [0, 0.1) is 5.82 Å². The highest BCUT2D eigenvalue weighted by molar-refractivity contribution is 7.85. The summed E-state index contributed by atoms with van der Waals surface area (Å²) in [7, 11) is -1.08. The van der Waals surface area contributed by atoms with Gasteiger partial charge in [0.1, 0.15) is 5.82 Å². The van der Waals surface area contributed by atoms with Crippen LogP contribution in [-0.2, 0) is 15.5 Å². The van der Waals surface area contributed by atoms with Gasteiger partial charge in [0.25, 0.3) is 0 Å². The van der Waals surface area contributed by atoms with Crippen LogP contribution in [0.4, 0.5) is 4.39 Å². The molecule has 1 heterocycles. The highest BCUT2D eigenvalue weighted by atomic mass is 32.2. The SMILES string of the molecule is O=S(CC1CCCCO1)c1ccc(F)cc1. The number of rotatable bonds is 3. The van der Waals surface area contributed by atoms with E-state index in [-0.39, 0.29) is 11.9 Å². The monoisotopic (exact) mass is 242 g/mol. The molecule has 2 rings (SSSR count). The highest BCUT2D eigenvalue weighted by Crippen LogP contribution is 2.16. The molecule has 0 N–H and O–H groups in total. The van der Waals surface area contributed by atoms with Crippen molar-refractivity contribution in [3.8, 4) is 0 Å². The predicted octanol–water partition coefficient (Wildman–Crippen LogP) is 2.50. The largest absolute Gasteiger partial charge is 0.377 e. The van der Waals surface area contributed by atoms with Gasteiger partial charge in [0.05, 0.1) is 22.7 Å². The summed E-state index contributed by atoms with van der Waals surface area (Å²) in [5.41, 5.74) is 0. The Kier molecular flexibility index (Phi) is 4.07. The van der Waals surface area contributed by atoms with Crippen molar-refractivity contribution in [1.82, 2.24) is 0 Å². The topological polar surface area (TPSA) is 26.3 Å². The summed E-state index contributed by atoms with van der Waals surface area (Å²) in [6, 6.07) is 5.84. The number of halogens is 1. The summed E-state index contributed by atoms with van der Waals surface area (Å²) in [5, 5.41) is 0. The normalized spacial score (nSPS) is 22.9. The summed E-state index contributed by atoms with van der Waals surface area (Å²) in [6.45, 7) is 0.769. The first-order valence-corrected chi connectivity index (χ1v) is 6.83. The second-order valence-electron chi connectivity index (χ2n) is 3.95. The molecule has 0 aromatic heterocycles. The van der Waals surface area contributed by atoms with Gasteiger partial charge in [-0.05, 0) is 43.5 Å². The molecule has 2 unspecified atom stereocenters. The maximum Gasteiger partial charge on any atom is 0.123 e. The van der Waals surface area contributed by atoms with E-state index in [1.54, 1.807) is 12.1 Å². The average Bonchev–Trinajstić information content (AvgIpc) is 2.31. The lowest BCUT2D eigenvalue weighted by Crippen LogP contribution is -2.25. The van der Waals surface area contributed by atoms with Gasteiger partial charge < -0.3 is 4.74 Å². The first kappa shape index (κ1) is 11.7. The molecule has 2 nitrogen and oxygen atoms in total. The van der Waals surface area contributed by atoms with Gasteiger partial charge >= 0.3 is 0 Å². The van der Waals surface area contributed by atoms with Gasteiger partial charge in [-0.15, -0.1) is 0 Å². The summed E-state index contributed by atoms with van der Waals surface area (Å²) in [5.74, 6) is 0.223. The van der Waals surface area contributed by atoms with E-state index >= 15 is 0 Å². The molecular weight excluding hydrogens is 227 g/mol. The van der Waals surface area contributed by atoms with Crippen LogP contribution in [0.1, 0.15) is 19.3 Å². The molecule has 1 saturated heterocycles. The van der Waals surface area contributed by atoms with E-state index in [1.165, 1.54) is 12.1 Å². The van der Waals surface area contributed by atoms with Crippen LogP contribution >= 0.6 is 0 Å². The smallest absolute Gasteiger partial charge is 0.123 e. The molecule has 1 aromatic carbocycles. The van der Waals surface area contributed by atoms with Gasteiger partial charge in [-0.2, -0.15) is 0 Å². The van der Waals surface area contributed by atoms with E-state index in [1.807, 2.05) is 0 Å². The van der Waals surface area contributed by atoms with Crippen LogP contribution in [0.5, 0.6) is 0 Å². The van der Waals surface area contributed by atoms with Gasteiger partial charge in [0.2, 0.25) is 0 Å². The maximum atomic E-state index is 12.7. The molecular formula is C12H15FO2S. The molecule has 88 valence electrons. The Labute approximate surface area is 97.3 Å². The van der Waals surface area contributed by atoms with Crippen molar-refractivity contribution >= 4 is 10.8 Å². The molecule has 0 radical (unpaired) electrons. The Bertz CT molecular complexity index is 358. The van der Waals surface area contributed by atoms with Crippen LogP contribution in [-0.4, -0.2) is 22.7 Å². The van der Waals surface area contributed by atoms with Crippen molar-refractivity contribution in [3.05, 3.63) is 30.1 Å². The van der Waals surface area contributed by atoms with E-state index in [2.05, 4.69) is 0 Å². The second-order valence-corrected chi connectivity index (χ2v) is 5.45. The minimum atomic E-state index is -1.08. The zero-order chi connectivity index (χ0) is 11.4. The number of hydrogen-bond donors (Lipinski definition) is 0. The molecule has 0 aliphatic carbocycles. The molecule has 1 aliphatic rings. The molecule has 1 aromatic rings. The number of hydrogen-bond acceptors (Lipinski definition) is 2. The van der Waals surface area contributed by atoms with Crippen molar-refractivity contribution in [1.29, 1.82) is 0 Å². The predicted molar refractivity (Wildman–Crippen MR) is 61.3 cm³/mol. The standard InChI is InChI=1S/C12H15FO2S/c13-10-4-6-12(7-5-10)16(14)9-11-3-1-2-8-15-11/h4-7,11H,1-3,8-9H2. The van der Waals surface area contributed by atoms with Crippen molar-refractivity contribution in [2.75, 3.05) is 12.4 Å². The second kappa shape index (κ2) is 5.55. The van der Waals surface area contributed by atoms with Crippen LogP contribution < -0.4 is 0 Å². The van der Waals surface area contributed by atoms with E-state index in [4.69, 9.17) is 4.74 Å². The zero-order valence-corrected chi connectivity index (χ0v) is 9.84. The van der Waals surface area contributed by atoms with Gasteiger partial charge in [0, 0.05) is 11.5 Å². The molecule has 0 bridgehead atoms. The molecule has 4 heteroatoms. The van der Waals surface area contributed by atoms with Crippen LogP contribution in [0.25, 0.3) is 0 Å². The zero-order valence-electron chi connectivity index (χ0n) is 9.02. The molecule has 2 atom stereocenters. The fraction of sp³-hybridized carbons (Fsp3) is 0.500. The van der Waals surface area contributed by atoms with Gasteiger partial charge in [0.15, 0.2) is 0 Å². The molecule has 0 saturated carbocycles. The Morgan fingerprint density at radius 3 is 2.69 bits per heavy atom. The lowest BCUT2D eigenvalue weighted by Gasteiger charge is -2.21. The van der Waals surface area contributed by atoms with Crippen molar-refractivity contribution in [2.45, 2.75) is 30.3 Å². The van der Waals surface area contributed by atoms with Gasteiger partial charge in [-0.25, -0.2) is 4.39 Å². The summed E-state index contributed by atoms with van der Waals surface area (Å²) >= 11 is 0. The average molecular weight is 242 g/mol. The van der Waals surface area contributed by atoms with E-state index in [0.29, 0.717) is 10.6 Å². The van der Waals surface area contributed by atoms with Crippen LogP contribution in [0.2, 0.25) is 0 Å². The van der Waals surface area contributed by atoms with Crippen LogP contribution in [0.3, 0.4) is 0 Å². The molecule has 1 fully saturated rings. The van der Waals surface area contributed by atoms with Crippen molar-refractivity contribution in [2.24, 2.45) is 0 Å².